The minimum absolute atomic E-state index is 0.0792. The fourth-order valence-corrected chi connectivity index (χ4v) is 3.94. The fourth-order valence-electron chi connectivity index (χ4n) is 3.81. The van der Waals surface area contributed by atoms with Gasteiger partial charge in [-0.15, -0.1) is 0 Å². The van der Waals surface area contributed by atoms with Crippen LogP contribution in [0.1, 0.15) is 30.3 Å². The molecule has 1 amide bonds. The number of hydrogen-bond donors (Lipinski definition) is 2. The minimum Gasteiger partial charge on any atom is -0.396 e. The number of amides is 1. The maximum Gasteiger partial charge on any atom is 0.226 e. The van der Waals surface area contributed by atoms with Gasteiger partial charge in [0.25, 0.3) is 0 Å². The first-order chi connectivity index (χ1) is 15.0. The number of carbonyl (C=O) groups is 1. The Morgan fingerprint density at radius 1 is 1.16 bits per heavy atom. The number of aryl methyl sites for hydroxylation is 2. The van der Waals surface area contributed by atoms with Gasteiger partial charge in [-0.05, 0) is 54.4 Å². The summed E-state index contributed by atoms with van der Waals surface area (Å²) in [6, 6.07) is 17.1. The highest BCUT2D eigenvalue weighted by Gasteiger charge is 2.18. The molecule has 4 rings (SSSR count). The number of rotatable bonds is 8. The number of aliphatic hydroxyl groups excluding tert-OH is 1. The zero-order valence-electron chi connectivity index (χ0n) is 17.3. The van der Waals surface area contributed by atoms with E-state index in [1.54, 1.807) is 0 Å². The van der Waals surface area contributed by atoms with Crippen molar-refractivity contribution < 1.29 is 9.90 Å². The van der Waals surface area contributed by atoms with Crippen LogP contribution in [0.15, 0.2) is 67.0 Å². The summed E-state index contributed by atoms with van der Waals surface area (Å²) >= 11 is 6.04. The van der Waals surface area contributed by atoms with Gasteiger partial charge in [0, 0.05) is 43.2 Å². The van der Waals surface area contributed by atoms with E-state index in [1.165, 1.54) is 0 Å². The van der Waals surface area contributed by atoms with Crippen molar-refractivity contribution in [2.45, 2.75) is 25.3 Å². The van der Waals surface area contributed by atoms with Crippen molar-refractivity contribution in [3.8, 4) is 0 Å². The number of nitrogens with one attached hydrogen (secondary N) is 1. The van der Waals surface area contributed by atoms with Gasteiger partial charge < -0.3 is 19.6 Å². The molecule has 0 saturated heterocycles. The fraction of sp³-hybridized carbons (Fsp3) is 0.250. The maximum atomic E-state index is 12.9. The van der Waals surface area contributed by atoms with Crippen LogP contribution in [0.2, 0.25) is 5.02 Å². The third-order valence-electron chi connectivity index (χ3n) is 5.44. The number of fused-ring (bicyclic) bond motifs is 1. The summed E-state index contributed by atoms with van der Waals surface area (Å²) in [6.07, 6.45) is 5.59. The summed E-state index contributed by atoms with van der Waals surface area (Å²) in [7, 11) is 1.97. The quantitative estimate of drug-likeness (QED) is 0.425. The highest BCUT2D eigenvalue weighted by molar-refractivity contribution is 6.30. The number of hydrogen-bond acceptors (Lipinski definition) is 3. The molecule has 4 aromatic rings. The summed E-state index contributed by atoms with van der Waals surface area (Å²) in [5, 5.41) is 12.8. The number of aromatic nitrogens is 3. The second kappa shape index (κ2) is 9.37. The van der Waals surface area contributed by atoms with Crippen LogP contribution in [0.25, 0.3) is 11.0 Å². The molecule has 7 heteroatoms. The van der Waals surface area contributed by atoms with E-state index < -0.39 is 0 Å². The van der Waals surface area contributed by atoms with Gasteiger partial charge in [-0.1, -0.05) is 23.7 Å². The SMILES string of the molecule is Cn1c(CCCO)nc2cc(NC(=O)C[C@H](c3ccc(Cl)cc3)n3cccc3)ccc21. The average Bonchev–Trinajstić information content (AvgIpc) is 3.40. The first-order valence-corrected chi connectivity index (χ1v) is 10.7. The highest BCUT2D eigenvalue weighted by atomic mass is 35.5. The number of carbonyl (C=O) groups excluding carboxylic acids is 1. The van der Waals surface area contributed by atoms with E-state index >= 15 is 0 Å². The second-order valence-corrected chi connectivity index (χ2v) is 8.00. The van der Waals surface area contributed by atoms with E-state index in [0.29, 0.717) is 23.6 Å². The lowest BCUT2D eigenvalue weighted by Crippen LogP contribution is -2.19. The van der Waals surface area contributed by atoms with E-state index in [0.717, 1.165) is 22.4 Å². The Hall–Kier alpha value is -3.09. The predicted octanol–water partition coefficient (Wildman–Crippen LogP) is 4.57. The molecule has 1 atom stereocenters. The van der Waals surface area contributed by atoms with Crippen LogP contribution in [0.4, 0.5) is 5.69 Å². The molecule has 0 aliphatic carbocycles. The first kappa shape index (κ1) is 21.2. The minimum atomic E-state index is -0.129. The second-order valence-electron chi connectivity index (χ2n) is 7.57. The van der Waals surface area contributed by atoms with Gasteiger partial charge in [0.2, 0.25) is 5.91 Å². The van der Waals surface area contributed by atoms with Crippen LogP contribution in [-0.2, 0) is 18.3 Å². The van der Waals surface area contributed by atoms with E-state index in [4.69, 9.17) is 16.7 Å². The van der Waals surface area contributed by atoms with E-state index in [1.807, 2.05) is 83.2 Å². The topological polar surface area (TPSA) is 72.1 Å². The van der Waals surface area contributed by atoms with Crippen molar-refractivity contribution in [3.05, 3.63) is 83.4 Å². The van der Waals surface area contributed by atoms with Crippen LogP contribution in [0.5, 0.6) is 0 Å². The molecule has 0 unspecified atom stereocenters. The predicted molar refractivity (Wildman–Crippen MR) is 123 cm³/mol. The molecule has 0 saturated carbocycles. The number of nitrogens with zero attached hydrogens (tertiary/aromatic N) is 3. The lowest BCUT2D eigenvalue weighted by molar-refractivity contribution is -0.116. The van der Waals surface area contributed by atoms with Gasteiger partial charge in [0.05, 0.1) is 23.5 Å². The largest absolute Gasteiger partial charge is 0.396 e. The standard InChI is InChI=1S/C24H25ClN4O2/c1-28-21-11-10-19(15-20(21)27-23(28)5-4-14-30)26-24(31)16-22(29-12-2-3-13-29)17-6-8-18(25)9-7-17/h2-3,6-13,15,22,30H,4-5,14,16H2,1H3,(H,26,31)/t22-/m1/s1. The van der Waals surface area contributed by atoms with Gasteiger partial charge in [0.1, 0.15) is 5.82 Å². The van der Waals surface area contributed by atoms with Crippen molar-refractivity contribution in [1.82, 2.24) is 14.1 Å². The van der Waals surface area contributed by atoms with Crippen molar-refractivity contribution in [1.29, 1.82) is 0 Å². The van der Waals surface area contributed by atoms with Crippen LogP contribution >= 0.6 is 11.6 Å². The van der Waals surface area contributed by atoms with E-state index in [-0.39, 0.29) is 25.0 Å². The van der Waals surface area contributed by atoms with Crippen LogP contribution in [-0.4, -0.2) is 31.7 Å². The van der Waals surface area contributed by atoms with Crippen molar-refractivity contribution in [2.24, 2.45) is 7.05 Å². The van der Waals surface area contributed by atoms with Gasteiger partial charge in [-0.3, -0.25) is 4.79 Å². The Morgan fingerprint density at radius 2 is 1.90 bits per heavy atom. The molecule has 0 spiro atoms. The molecule has 0 aliphatic heterocycles. The molecule has 0 fully saturated rings. The highest BCUT2D eigenvalue weighted by Crippen LogP contribution is 2.26. The summed E-state index contributed by atoms with van der Waals surface area (Å²) in [4.78, 5) is 17.6. The molecule has 2 aromatic carbocycles. The van der Waals surface area contributed by atoms with Crippen LogP contribution < -0.4 is 5.32 Å². The molecule has 0 aliphatic rings. The molecular formula is C24H25ClN4O2. The molecule has 2 N–H and O–H groups in total. The number of benzene rings is 2. The molecule has 31 heavy (non-hydrogen) atoms. The average molecular weight is 437 g/mol. The summed E-state index contributed by atoms with van der Waals surface area (Å²) in [6.45, 7) is 0.140. The van der Waals surface area contributed by atoms with E-state index in [9.17, 15) is 4.79 Å². The maximum absolute atomic E-state index is 12.9. The molecule has 2 heterocycles. The van der Waals surface area contributed by atoms with Crippen molar-refractivity contribution >= 4 is 34.2 Å². The summed E-state index contributed by atoms with van der Waals surface area (Å²) in [5.74, 6) is 0.840. The van der Waals surface area contributed by atoms with Gasteiger partial charge in [-0.25, -0.2) is 4.98 Å². The van der Waals surface area contributed by atoms with Crippen molar-refractivity contribution in [3.63, 3.8) is 0 Å². The smallest absolute Gasteiger partial charge is 0.226 e. The Labute approximate surface area is 186 Å². The zero-order chi connectivity index (χ0) is 21.8. The zero-order valence-corrected chi connectivity index (χ0v) is 18.1. The number of halogens is 1. The molecule has 160 valence electrons. The van der Waals surface area contributed by atoms with Gasteiger partial charge >= 0.3 is 0 Å². The molecule has 2 aromatic heterocycles. The molecule has 0 radical (unpaired) electrons. The third-order valence-corrected chi connectivity index (χ3v) is 5.69. The van der Waals surface area contributed by atoms with E-state index in [2.05, 4.69) is 10.3 Å². The summed E-state index contributed by atoms with van der Waals surface area (Å²) in [5.41, 5.74) is 3.56. The first-order valence-electron chi connectivity index (χ1n) is 10.3. The Kier molecular flexibility index (Phi) is 6.39. The molecular weight excluding hydrogens is 412 g/mol. The lowest BCUT2D eigenvalue weighted by atomic mass is 10.0. The monoisotopic (exact) mass is 436 g/mol. The Balaban J connectivity index is 1.52. The van der Waals surface area contributed by atoms with Crippen LogP contribution in [0, 0.1) is 0 Å². The third kappa shape index (κ3) is 4.81. The van der Waals surface area contributed by atoms with Gasteiger partial charge in [-0.2, -0.15) is 0 Å². The summed E-state index contributed by atoms with van der Waals surface area (Å²) < 4.78 is 4.05. The lowest BCUT2D eigenvalue weighted by Gasteiger charge is -2.19. The van der Waals surface area contributed by atoms with Crippen LogP contribution in [0.3, 0.4) is 0 Å². The normalized spacial score (nSPS) is 12.2. The molecule has 0 bridgehead atoms. The number of anilines is 1. The molecule has 6 nitrogen and oxygen atoms in total. The number of imidazole rings is 1. The van der Waals surface area contributed by atoms with Crippen molar-refractivity contribution in [2.75, 3.05) is 11.9 Å². The Bertz CT molecular complexity index is 1170. The van der Waals surface area contributed by atoms with Gasteiger partial charge in [0.15, 0.2) is 0 Å². The number of aliphatic hydroxyl groups is 1. The Morgan fingerprint density at radius 3 is 2.61 bits per heavy atom.